The average molecular weight is 627 g/mol. The van der Waals surface area contributed by atoms with Crippen molar-refractivity contribution < 1.29 is 4.79 Å². The molecule has 0 bridgehead atoms. The zero-order chi connectivity index (χ0) is 34.1. The largest absolute Gasteiger partial charge is 0.298 e. The van der Waals surface area contributed by atoms with Crippen LogP contribution in [0.5, 0.6) is 0 Å². The van der Waals surface area contributed by atoms with E-state index in [4.69, 9.17) is 0 Å². The number of hydrogen-bond donors (Lipinski definition) is 0. The molecule has 45 heavy (non-hydrogen) atoms. The Hall–Kier alpha value is -2.24. The van der Waals surface area contributed by atoms with E-state index < -0.39 is 7.92 Å². The van der Waals surface area contributed by atoms with Gasteiger partial charge in [-0.3, -0.25) is 4.79 Å². The molecule has 0 amide bonds. The van der Waals surface area contributed by atoms with Gasteiger partial charge in [0.1, 0.15) is 6.29 Å². The van der Waals surface area contributed by atoms with Crippen molar-refractivity contribution in [1.82, 2.24) is 0 Å². The fraction of sp³-hybridized carbons (Fsp3) is 0.558. The highest BCUT2D eigenvalue weighted by atomic mass is 31.1. The van der Waals surface area contributed by atoms with Crippen LogP contribution in [0.2, 0.25) is 0 Å². The summed E-state index contributed by atoms with van der Waals surface area (Å²) in [7, 11) is -0.962. The minimum absolute atomic E-state index is 0.294. The highest BCUT2D eigenvalue weighted by molar-refractivity contribution is 7.80. The van der Waals surface area contributed by atoms with Crippen LogP contribution >= 0.6 is 7.92 Å². The Morgan fingerprint density at radius 3 is 0.778 bits per heavy atom. The van der Waals surface area contributed by atoms with Gasteiger partial charge in [0.05, 0.1) is 0 Å². The van der Waals surface area contributed by atoms with Crippen LogP contribution in [0.25, 0.3) is 0 Å². The molecule has 3 aromatic carbocycles. The maximum Gasteiger partial charge on any atom is 0.150 e. The second-order valence-electron chi connectivity index (χ2n) is 15.8. The molecule has 0 saturated carbocycles. The zero-order valence-electron chi connectivity index (χ0n) is 31.5. The zero-order valence-corrected chi connectivity index (χ0v) is 32.4. The van der Waals surface area contributed by atoms with Gasteiger partial charge in [0.2, 0.25) is 0 Å². The van der Waals surface area contributed by atoms with Crippen molar-refractivity contribution in [3.05, 3.63) is 86.5 Å². The highest BCUT2D eigenvalue weighted by Gasteiger charge is 2.35. The average Bonchev–Trinajstić information content (AvgIpc) is 2.95. The molecule has 0 unspecified atom stereocenters. The van der Waals surface area contributed by atoms with Crippen LogP contribution in [0.1, 0.15) is 213 Å². The first-order valence-corrected chi connectivity index (χ1v) is 19.0. The summed E-state index contributed by atoms with van der Waals surface area (Å²) in [6.07, 6.45) is 1.05. The van der Waals surface area contributed by atoms with Gasteiger partial charge in [0.25, 0.3) is 0 Å². The predicted molar refractivity (Wildman–Crippen MR) is 203 cm³/mol. The van der Waals surface area contributed by atoms with Crippen LogP contribution in [0.3, 0.4) is 0 Å². The lowest BCUT2D eigenvalue weighted by atomic mass is 9.89. The first-order chi connectivity index (χ1) is 20.9. The van der Waals surface area contributed by atoms with Crippen molar-refractivity contribution in [2.75, 3.05) is 0 Å². The van der Waals surface area contributed by atoms with E-state index in [1.165, 1.54) is 49.8 Å². The van der Waals surface area contributed by atoms with Gasteiger partial charge in [-0.05, 0) is 128 Å². The van der Waals surface area contributed by atoms with Crippen LogP contribution < -0.4 is 15.9 Å². The Morgan fingerprint density at radius 2 is 0.600 bits per heavy atom. The summed E-state index contributed by atoms with van der Waals surface area (Å²) in [6.45, 7) is 37.7. The van der Waals surface area contributed by atoms with Gasteiger partial charge in [-0.1, -0.05) is 135 Å². The summed E-state index contributed by atoms with van der Waals surface area (Å²) in [6, 6.07) is 14.6. The maximum atomic E-state index is 12.4. The fourth-order valence-corrected chi connectivity index (χ4v) is 10.8. The number of rotatable bonds is 12. The summed E-state index contributed by atoms with van der Waals surface area (Å²) < 4.78 is 0. The Balaban J connectivity index is 2.84. The third kappa shape index (κ3) is 7.84. The van der Waals surface area contributed by atoms with E-state index in [2.05, 4.69) is 147 Å². The van der Waals surface area contributed by atoms with Crippen molar-refractivity contribution >= 4 is 30.1 Å². The molecule has 0 aliphatic rings. The van der Waals surface area contributed by atoms with Crippen LogP contribution in [0, 0.1) is 0 Å². The van der Waals surface area contributed by atoms with E-state index in [1.807, 2.05) is 0 Å². The number of carbonyl (C=O) groups is 1. The lowest BCUT2D eigenvalue weighted by Crippen LogP contribution is -2.35. The van der Waals surface area contributed by atoms with Crippen LogP contribution in [-0.2, 0) is 0 Å². The molecule has 0 fully saturated rings. The molecule has 2 heteroatoms. The molecule has 0 saturated heterocycles. The molecule has 0 spiro atoms. The van der Waals surface area contributed by atoms with E-state index >= 15 is 0 Å². The van der Waals surface area contributed by atoms with Crippen molar-refractivity contribution in [2.45, 2.75) is 158 Å². The Morgan fingerprint density at radius 1 is 0.378 bits per heavy atom. The number of benzene rings is 3. The van der Waals surface area contributed by atoms with Gasteiger partial charge in [-0.25, -0.2) is 0 Å². The molecule has 0 radical (unpaired) electrons. The molecule has 0 aliphatic carbocycles. The standard InChI is InChI=1S/C43H63OP/c1-24(2)33-19-37(28(9)10)42(38(20-33)29(11)12)45(41-35(26(5)6)17-32(23-44)18-36(41)27(7)8)43-39(30(13)14)21-34(25(3)4)22-40(43)31(15)16/h17-31H,1-16H3. The third-order valence-corrected chi connectivity index (χ3v) is 12.3. The molecule has 3 aromatic rings. The van der Waals surface area contributed by atoms with Crippen molar-refractivity contribution in [1.29, 1.82) is 0 Å². The maximum absolute atomic E-state index is 12.4. The van der Waals surface area contributed by atoms with Crippen molar-refractivity contribution in [2.24, 2.45) is 0 Å². The summed E-state index contributed by atoms with van der Waals surface area (Å²) in [5, 5.41) is 4.61. The summed E-state index contributed by atoms with van der Waals surface area (Å²) >= 11 is 0. The quantitative estimate of drug-likeness (QED) is 0.144. The predicted octanol–water partition coefficient (Wildman–Crippen LogP) is 12.2. The van der Waals surface area contributed by atoms with Crippen LogP contribution in [0.4, 0.5) is 0 Å². The van der Waals surface area contributed by atoms with Gasteiger partial charge >= 0.3 is 0 Å². The van der Waals surface area contributed by atoms with E-state index in [0.717, 1.165) is 11.8 Å². The molecule has 0 aromatic heterocycles. The number of aldehydes is 1. The molecule has 0 atom stereocenters. The fourth-order valence-electron chi connectivity index (χ4n) is 6.60. The third-order valence-electron chi connectivity index (χ3n) is 9.45. The van der Waals surface area contributed by atoms with E-state index in [1.54, 1.807) is 10.6 Å². The van der Waals surface area contributed by atoms with Gasteiger partial charge in [0.15, 0.2) is 0 Å². The molecular formula is C43H63OP. The number of carbonyl (C=O) groups excluding carboxylic acids is 1. The summed E-state index contributed by atoms with van der Waals surface area (Å²) in [5.41, 5.74) is 12.3. The van der Waals surface area contributed by atoms with Gasteiger partial charge in [-0.15, -0.1) is 0 Å². The van der Waals surface area contributed by atoms with Crippen LogP contribution in [-0.4, -0.2) is 6.29 Å². The first-order valence-electron chi connectivity index (χ1n) is 17.7. The minimum atomic E-state index is -0.962. The Labute approximate surface area is 278 Å². The molecule has 3 rings (SSSR count). The summed E-state index contributed by atoms with van der Waals surface area (Å²) in [4.78, 5) is 12.4. The van der Waals surface area contributed by atoms with E-state index in [9.17, 15) is 4.79 Å². The molecule has 0 N–H and O–H groups in total. The minimum Gasteiger partial charge on any atom is -0.298 e. The molecule has 0 heterocycles. The highest BCUT2D eigenvalue weighted by Crippen LogP contribution is 2.48. The summed E-state index contributed by atoms with van der Waals surface area (Å²) in [5.74, 6) is 3.07. The molecule has 0 aliphatic heterocycles. The molecule has 246 valence electrons. The lowest BCUT2D eigenvalue weighted by molar-refractivity contribution is 0.112. The second kappa shape index (κ2) is 15.1. The number of hydrogen-bond acceptors (Lipinski definition) is 1. The van der Waals surface area contributed by atoms with E-state index in [-0.39, 0.29) is 0 Å². The van der Waals surface area contributed by atoms with E-state index in [0.29, 0.717) is 47.3 Å². The van der Waals surface area contributed by atoms with Crippen molar-refractivity contribution in [3.63, 3.8) is 0 Å². The topological polar surface area (TPSA) is 17.1 Å². The molecule has 1 nitrogen and oxygen atoms in total. The Kier molecular flexibility index (Phi) is 12.5. The van der Waals surface area contributed by atoms with Gasteiger partial charge < -0.3 is 0 Å². The Bertz CT molecular complexity index is 1320. The first kappa shape index (κ1) is 37.2. The van der Waals surface area contributed by atoms with Gasteiger partial charge in [0, 0.05) is 5.56 Å². The van der Waals surface area contributed by atoms with Crippen LogP contribution in [0.15, 0.2) is 36.4 Å². The monoisotopic (exact) mass is 626 g/mol. The SMILES string of the molecule is CC(C)c1cc(C(C)C)c(P(c2c(C(C)C)cc(C=O)cc2C(C)C)c2c(C(C)C)cc(C(C)C)cc2C(C)C)c(C(C)C)c1. The molecular weight excluding hydrogens is 563 g/mol. The normalized spacial score (nSPS) is 12.6. The van der Waals surface area contributed by atoms with Gasteiger partial charge in [-0.2, -0.15) is 0 Å². The lowest BCUT2D eigenvalue weighted by Gasteiger charge is -2.37. The second-order valence-corrected chi connectivity index (χ2v) is 17.8. The van der Waals surface area contributed by atoms with Crippen molar-refractivity contribution in [3.8, 4) is 0 Å². The smallest absolute Gasteiger partial charge is 0.150 e.